The Hall–Kier alpha value is -2.08. The van der Waals surface area contributed by atoms with Gasteiger partial charge in [0.1, 0.15) is 10.5 Å². The van der Waals surface area contributed by atoms with E-state index in [-0.39, 0.29) is 5.41 Å². The number of benzene rings is 1. The van der Waals surface area contributed by atoms with Gasteiger partial charge in [-0.15, -0.1) is 0 Å². The number of rotatable bonds is 4. The monoisotopic (exact) mass is 485 g/mol. The van der Waals surface area contributed by atoms with Crippen molar-refractivity contribution < 1.29 is 0 Å². The first kappa shape index (κ1) is 30.0. The number of fused-ring (bicyclic) bond motifs is 1. The number of hydrogen-bond donors (Lipinski definition) is 1. The van der Waals surface area contributed by atoms with Crippen LogP contribution in [0.1, 0.15) is 93.2 Å². The van der Waals surface area contributed by atoms with Crippen molar-refractivity contribution in [2.24, 2.45) is 5.92 Å². The fourth-order valence-electron chi connectivity index (χ4n) is 3.67. The SMILES string of the molecule is CC.CC.CC.CC1CCCN(c2nc(SCc3ccc(C(C)(C)C)cc3)c3[nH]cnc3n2)C1. The number of anilines is 1. The van der Waals surface area contributed by atoms with E-state index in [0.717, 1.165) is 41.0 Å². The van der Waals surface area contributed by atoms with Gasteiger partial charge in [0, 0.05) is 18.8 Å². The van der Waals surface area contributed by atoms with Crippen molar-refractivity contribution in [3.63, 3.8) is 0 Å². The van der Waals surface area contributed by atoms with Gasteiger partial charge in [0.2, 0.25) is 5.95 Å². The average Bonchev–Trinajstić information content (AvgIpc) is 3.35. The van der Waals surface area contributed by atoms with E-state index in [9.17, 15) is 0 Å². The van der Waals surface area contributed by atoms with Gasteiger partial charge in [-0.25, -0.2) is 9.97 Å². The first-order valence-electron chi connectivity index (χ1n) is 13.1. The Morgan fingerprint density at radius 1 is 1.00 bits per heavy atom. The Morgan fingerprint density at radius 3 is 2.24 bits per heavy atom. The van der Waals surface area contributed by atoms with Crippen LogP contribution in [0.25, 0.3) is 11.2 Å². The van der Waals surface area contributed by atoms with Crippen LogP contribution in [0.4, 0.5) is 5.95 Å². The topological polar surface area (TPSA) is 57.7 Å². The van der Waals surface area contributed by atoms with Crippen molar-refractivity contribution in [2.45, 2.75) is 98.3 Å². The highest BCUT2D eigenvalue weighted by Gasteiger charge is 2.21. The second kappa shape index (κ2) is 15.0. The van der Waals surface area contributed by atoms with E-state index in [1.807, 2.05) is 41.5 Å². The Bertz CT molecular complexity index is 944. The van der Waals surface area contributed by atoms with Crippen molar-refractivity contribution in [1.82, 2.24) is 19.9 Å². The zero-order valence-electron chi connectivity index (χ0n) is 23.2. The van der Waals surface area contributed by atoms with Crippen molar-refractivity contribution in [3.8, 4) is 0 Å². The van der Waals surface area contributed by atoms with E-state index in [2.05, 4.69) is 66.8 Å². The Kier molecular flexibility index (Phi) is 13.2. The van der Waals surface area contributed by atoms with E-state index < -0.39 is 0 Å². The summed E-state index contributed by atoms with van der Waals surface area (Å²) in [5.74, 6) is 2.38. The summed E-state index contributed by atoms with van der Waals surface area (Å²) in [4.78, 5) is 19.5. The van der Waals surface area contributed by atoms with Crippen molar-refractivity contribution >= 4 is 28.9 Å². The maximum absolute atomic E-state index is 4.91. The van der Waals surface area contributed by atoms with Crippen LogP contribution < -0.4 is 4.90 Å². The molecule has 34 heavy (non-hydrogen) atoms. The minimum Gasteiger partial charge on any atom is -0.341 e. The fraction of sp³-hybridized carbons (Fsp3) is 0.607. The molecule has 0 amide bonds. The van der Waals surface area contributed by atoms with Crippen LogP contribution in [-0.4, -0.2) is 33.0 Å². The summed E-state index contributed by atoms with van der Waals surface area (Å²) >= 11 is 1.75. The Morgan fingerprint density at radius 2 is 1.65 bits per heavy atom. The minimum absolute atomic E-state index is 0.181. The molecule has 1 N–H and O–H groups in total. The van der Waals surface area contributed by atoms with E-state index in [0.29, 0.717) is 5.92 Å². The van der Waals surface area contributed by atoms with Crippen LogP contribution in [0.2, 0.25) is 0 Å². The third-order valence-electron chi connectivity index (χ3n) is 5.38. The van der Waals surface area contributed by atoms with Crippen LogP contribution in [0.5, 0.6) is 0 Å². The number of hydrogen-bond acceptors (Lipinski definition) is 5. The second-order valence-corrected chi connectivity index (χ2v) is 9.82. The molecule has 1 aliphatic heterocycles. The molecule has 3 aromatic rings. The van der Waals surface area contributed by atoms with Gasteiger partial charge in [0.05, 0.1) is 6.33 Å². The molecule has 1 fully saturated rings. The number of aromatic nitrogens is 4. The van der Waals surface area contributed by atoms with E-state index >= 15 is 0 Å². The summed E-state index contributed by atoms with van der Waals surface area (Å²) in [5, 5.41) is 0.982. The molecule has 1 unspecified atom stereocenters. The van der Waals surface area contributed by atoms with Crippen LogP contribution >= 0.6 is 11.8 Å². The number of piperidine rings is 1. The molecule has 4 rings (SSSR count). The predicted octanol–water partition coefficient (Wildman–Crippen LogP) is 8.26. The maximum atomic E-state index is 4.91. The molecule has 1 atom stereocenters. The zero-order valence-corrected chi connectivity index (χ0v) is 24.0. The molecule has 5 nitrogen and oxygen atoms in total. The summed E-state index contributed by atoms with van der Waals surface area (Å²) in [6.45, 7) is 23.1. The van der Waals surface area contributed by atoms with E-state index in [1.54, 1.807) is 18.1 Å². The summed E-state index contributed by atoms with van der Waals surface area (Å²) < 4.78 is 0. The molecule has 6 heteroatoms. The van der Waals surface area contributed by atoms with E-state index in [1.165, 1.54) is 24.0 Å². The lowest BCUT2D eigenvalue weighted by Gasteiger charge is -2.31. The van der Waals surface area contributed by atoms with Crippen LogP contribution in [0.3, 0.4) is 0 Å². The summed E-state index contributed by atoms with van der Waals surface area (Å²) in [6.07, 6.45) is 4.20. The van der Waals surface area contributed by atoms with Gasteiger partial charge in [-0.05, 0) is 35.3 Å². The molecule has 0 aliphatic carbocycles. The van der Waals surface area contributed by atoms with Gasteiger partial charge in [-0.2, -0.15) is 4.98 Å². The molecule has 0 spiro atoms. The molecule has 1 saturated heterocycles. The van der Waals surface area contributed by atoms with Crippen LogP contribution in [0.15, 0.2) is 35.6 Å². The number of H-pyrrole nitrogens is 1. The number of nitrogens with one attached hydrogen (secondary N) is 1. The first-order chi connectivity index (χ1) is 16.4. The lowest BCUT2D eigenvalue weighted by Crippen LogP contribution is -2.35. The predicted molar refractivity (Wildman–Crippen MR) is 151 cm³/mol. The third kappa shape index (κ3) is 8.30. The number of nitrogens with zero attached hydrogens (tertiary/aromatic N) is 4. The van der Waals surface area contributed by atoms with E-state index in [4.69, 9.17) is 9.97 Å². The van der Waals surface area contributed by atoms with Crippen molar-refractivity contribution in [2.75, 3.05) is 18.0 Å². The van der Waals surface area contributed by atoms with Gasteiger partial charge in [0.15, 0.2) is 5.65 Å². The van der Waals surface area contributed by atoms with Crippen LogP contribution in [-0.2, 0) is 11.2 Å². The van der Waals surface area contributed by atoms with Crippen molar-refractivity contribution in [1.29, 1.82) is 0 Å². The molecule has 0 bridgehead atoms. The Labute approximate surface area is 212 Å². The highest BCUT2D eigenvalue weighted by atomic mass is 32.2. The molecular weight excluding hydrogens is 438 g/mol. The van der Waals surface area contributed by atoms with Gasteiger partial charge < -0.3 is 9.88 Å². The number of imidazole rings is 1. The average molecular weight is 486 g/mol. The zero-order chi connectivity index (χ0) is 25.7. The lowest BCUT2D eigenvalue weighted by molar-refractivity contribution is 0.441. The fourth-order valence-corrected chi connectivity index (χ4v) is 4.60. The highest BCUT2D eigenvalue weighted by Crippen LogP contribution is 2.30. The van der Waals surface area contributed by atoms with Crippen LogP contribution in [0, 0.1) is 5.92 Å². The molecule has 1 aliphatic rings. The quantitative estimate of drug-likeness (QED) is 0.298. The largest absolute Gasteiger partial charge is 0.341 e. The third-order valence-corrected chi connectivity index (χ3v) is 6.42. The highest BCUT2D eigenvalue weighted by molar-refractivity contribution is 7.98. The molecule has 2 aromatic heterocycles. The Balaban J connectivity index is 0.000000894. The smallest absolute Gasteiger partial charge is 0.228 e. The second-order valence-electron chi connectivity index (χ2n) is 8.86. The summed E-state index contributed by atoms with van der Waals surface area (Å²) in [7, 11) is 0. The van der Waals surface area contributed by atoms with Gasteiger partial charge in [-0.3, -0.25) is 0 Å². The first-order valence-corrected chi connectivity index (χ1v) is 14.1. The van der Waals surface area contributed by atoms with Gasteiger partial charge >= 0.3 is 0 Å². The maximum Gasteiger partial charge on any atom is 0.228 e. The molecular formula is C28H47N5S. The van der Waals surface area contributed by atoms with Gasteiger partial charge in [0.25, 0.3) is 0 Å². The minimum atomic E-state index is 0.181. The standard InChI is InChI=1S/C22H29N5S.3C2H6/c1-15-6-5-11-27(12-15)21-25-19-18(23-14-24-19)20(26-21)28-13-16-7-9-17(10-8-16)22(2,3)4;3*1-2/h7-10,14-15H,5-6,11-13H2,1-4H3,(H,23,24,25,26);3*1-2H3. The number of thioether (sulfide) groups is 1. The normalized spacial score (nSPS) is 15.4. The molecule has 0 radical (unpaired) electrons. The van der Waals surface area contributed by atoms with Crippen molar-refractivity contribution in [3.05, 3.63) is 41.7 Å². The summed E-state index contributed by atoms with van der Waals surface area (Å²) in [6, 6.07) is 8.93. The molecule has 3 heterocycles. The number of aromatic amines is 1. The summed E-state index contributed by atoms with van der Waals surface area (Å²) in [5.41, 5.74) is 4.54. The molecule has 0 saturated carbocycles. The van der Waals surface area contributed by atoms with Gasteiger partial charge in [-0.1, -0.05) is 105 Å². The lowest BCUT2D eigenvalue weighted by atomic mass is 9.87. The molecule has 190 valence electrons. The molecule has 1 aromatic carbocycles.